The molecule has 106 valence electrons. The summed E-state index contributed by atoms with van der Waals surface area (Å²) in [5.74, 6) is 0. The molecule has 1 rings (SSSR count). The normalized spacial score (nSPS) is 9.84. The molecule has 1 aromatic carbocycles. The van der Waals surface area contributed by atoms with Crippen LogP contribution in [0.15, 0.2) is 30.3 Å². The highest BCUT2D eigenvalue weighted by molar-refractivity contribution is 5.64. The summed E-state index contributed by atoms with van der Waals surface area (Å²) in [5, 5.41) is 10.6. The molecule has 0 heterocycles. The Labute approximate surface area is 113 Å². The van der Waals surface area contributed by atoms with E-state index >= 15 is 0 Å². The van der Waals surface area contributed by atoms with Gasteiger partial charge in [-0.25, -0.2) is 4.79 Å². The first-order valence-corrected chi connectivity index (χ1v) is 5.97. The Morgan fingerprint density at radius 3 is 2.26 bits per heavy atom. The van der Waals surface area contributed by atoms with Crippen LogP contribution < -0.4 is 5.32 Å². The summed E-state index contributed by atoms with van der Waals surface area (Å²) in [6.45, 7) is 6.39. The van der Waals surface area contributed by atoms with Crippen LogP contribution >= 0.6 is 0 Å². The predicted molar refractivity (Wildman–Crippen MR) is 73.1 cm³/mol. The third-order valence-corrected chi connectivity index (χ3v) is 1.93. The summed E-state index contributed by atoms with van der Waals surface area (Å²) >= 11 is 0. The lowest BCUT2D eigenvalue weighted by Gasteiger charge is -2.14. The molecule has 0 unspecified atom stereocenters. The maximum absolute atomic E-state index is 10.1. The number of rotatable bonds is 4. The fourth-order valence-corrected chi connectivity index (χ4v) is 1.10. The SMILES string of the molecule is CC(C)(C)OC=O.O=C(O)NCCc1ccccc1. The molecule has 0 bridgehead atoms. The number of amides is 1. The monoisotopic (exact) mass is 267 g/mol. The van der Waals surface area contributed by atoms with Crippen molar-refractivity contribution in [2.75, 3.05) is 6.54 Å². The summed E-state index contributed by atoms with van der Waals surface area (Å²) < 4.78 is 4.55. The molecule has 0 aliphatic rings. The Kier molecular flexibility index (Phi) is 8.00. The molecule has 0 radical (unpaired) electrons. The van der Waals surface area contributed by atoms with Crippen molar-refractivity contribution in [1.29, 1.82) is 0 Å². The Hall–Kier alpha value is -2.04. The Morgan fingerprint density at radius 1 is 1.32 bits per heavy atom. The molecule has 0 aromatic heterocycles. The number of ether oxygens (including phenoxy) is 1. The average molecular weight is 267 g/mol. The summed E-state index contributed by atoms with van der Waals surface area (Å²) in [4.78, 5) is 19.7. The topological polar surface area (TPSA) is 75.6 Å². The van der Waals surface area contributed by atoms with E-state index in [9.17, 15) is 9.59 Å². The van der Waals surface area contributed by atoms with Gasteiger partial charge in [0.2, 0.25) is 0 Å². The Bertz CT molecular complexity index is 371. The fourth-order valence-electron chi connectivity index (χ4n) is 1.10. The number of benzene rings is 1. The summed E-state index contributed by atoms with van der Waals surface area (Å²) in [6.07, 6.45) is -0.224. The van der Waals surface area contributed by atoms with Gasteiger partial charge in [-0.1, -0.05) is 30.3 Å². The summed E-state index contributed by atoms with van der Waals surface area (Å²) in [6, 6.07) is 9.77. The molecule has 1 aromatic rings. The number of carbonyl (C=O) groups is 2. The van der Waals surface area contributed by atoms with Crippen molar-refractivity contribution in [3.05, 3.63) is 35.9 Å². The van der Waals surface area contributed by atoms with Gasteiger partial charge in [-0.15, -0.1) is 0 Å². The zero-order valence-corrected chi connectivity index (χ0v) is 11.6. The van der Waals surface area contributed by atoms with E-state index in [1.807, 2.05) is 51.1 Å². The second-order valence-electron chi connectivity index (χ2n) is 4.79. The van der Waals surface area contributed by atoms with E-state index in [1.54, 1.807) is 0 Å². The van der Waals surface area contributed by atoms with Gasteiger partial charge in [0.15, 0.2) is 0 Å². The minimum absolute atomic E-state index is 0.318. The minimum atomic E-state index is -0.967. The lowest BCUT2D eigenvalue weighted by Crippen LogP contribution is -2.23. The molecule has 0 fully saturated rings. The van der Waals surface area contributed by atoms with Gasteiger partial charge in [-0.2, -0.15) is 0 Å². The van der Waals surface area contributed by atoms with E-state index < -0.39 is 6.09 Å². The smallest absolute Gasteiger partial charge is 0.404 e. The molecule has 0 aliphatic heterocycles. The number of carbonyl (C=O) groups excluding carboxylic acids is 1. The number of hydrogen-bond donors (Lipinski definition) is 2. The molecule has 2 N–H and O–H groups in total. The second kappa shape index (κ2) is 8.97. The van der Waals surface area contributed by atoms with Gasteiger partial charge in [0.1, 0.15) is 5.60 Å². The van der Waals surface area contributed by atoms with Gasteiger partial charge in [0.25, 0.3) is 6.47 Å². The third kappa shape index (κ3) is 12.2. The van der Waals surface area contributed by atoms with Crippen LogP contribution in [0.3, 0.4) is 0 Å². The van der Waals surface area contributed by atoms with Crippen molar-refractivity contribution < 1.29 is 19.4 Å². The maximum Gasteiger partial charge on any atom is 0.404 e. The van der Waals surface area contributed by atoms with Crippen LogP contribution in [0.5, 0.6) is 0 Å². The van der Waals surface area contributed by atoms with Gasteiger partial charge >= 0.3 is 6.09 Å². The van der Waals surface area contributed by atoms with Crippen LogP contribution in [-0.4, -0.2) is 29.8 Å². The molecule has 0 aliphatic carbocycles. The lowest BCUT2D eigenvalue weighted by molar-refractivity contribution is -0.138. The number of nitrogens with one attached hydrogen (secondary N) is 1. The Balaban J connectivity index is 0.000000399. The Morgan fingerprint density at radius 2 is 1.89 bits per heavy atom. The largest absolute Gasteiger partial charge is 0.465 e. The van der Waals surface area contributed by atoms with Crippen molar-refractivity contribution >= 4 is 12.6 Å². The molecular formula is C14H21NO4. The van der Waals surface area contributed by atoms with E-state index in [1.165, 1.54) is 0 Å². The molecule has 1 amide bonds. The summed E-state index contributed by atoms with van der Waals surface area (Å²) in [7, 11) is 0. The molecule has 0 spiro atoms. The number of hydrogen-bond acceptors (Lipinski definition) is 3. The van der Waals surface area contributed by atoms with E-state index in [2.05, 4.69) is 10.1 Å². The first kappa shape index (κ1) is 17.0. The summed E-state index contributed by atoms with van der Waals surface area (Å²) in [5.41, 5.74) is 0.827. The second-order valence-corrected chi connectivity index (χ2v) is 4.79. The van der Waals surface area contributed by atoms with E-state index in [0.717, 1.165) is 12.0 Å². The van der Waals surface area contributed by atoms with Crippen molar-refractivity contribution in [3.8, 4) is 0 Å². The zero-order valence-electron chi connectivity index (χ0n) is 11.6. The van der Waals surface area contributed by atoms with Crippen LogP contribution in [-0.2, 0) is 16.0 Å². The minimum Gasteiger partial charge on any atom is -0.465 e. The molecule has 5 heteroatoms. The van der Waals surface area contributed by atoms with Crippen molar-refractivity contribution in [2.45, 2.75) is 32.8 Å². The molecule has 0 atom stereocenters. The van der Waals surface area contributed by atoms with Crippen LogP contribution in [0.25, 0.3) is 0 Å². The van der Waals surface area contributed by atoms with E-state index in [0.29, 0.717) is 13.0 Å². The standard InChI is InChI=1S/C9H11NO2.C5H10O2/c11-9(12)10-7-6-8-4-2-1-3-5-8;1-5(2,3)7-4-6/h1-5,10H,6-7H2,(H,11,12);4H,1-3H3. The molecule has 0 saturated carbocycles. The number of carboxylic acid groups (broad SMARTS) is 1. The fraction of sp³-hybridized carbons (Fsp3) is 0.429. The van der Waals surface area contributed by atoms with Crippen LogP contribution in [0.2, 0.25) is 0 Å². The lowest BCUT2D eigenvalue weighted by atomic mass is 10.1. The molecule has 19 heavy (non-hydrogen) atoms. The predicted octanol–water partition coefficient (Wildman–Crippen LogP) is 2.45. The molecular weight excluding hydrogens is 246 g/mol. The highest BCUT2D eigenvalue weighted by Crippen LogP contribution is 2.02. The maximum atomic E-state index is 10.1. The highest BCUT2D eigenvalue weighted by Gasteiger charge is 2.07. The van der Waals surface area contributed by atoms with Gasteiger partial charge < -0.3 is 15.2 Å². The average Bonchev–Trinajstić information content (AvgIpc) is 2.29. The van der Waals surface area contributed by atoms with Crippen molar-refractivity contribution in [3.63, 3.8) is 0 Å². The first-order valence-electron chi connectivity index (χ1n) is 5.97. The highest BCUT2D eigenvalue weighted by atomic mass is 16.5. The van der Waals surface area contributed by atoms with E-state index in [-0.39, 0.29) is 5.60 Å². The van der Waals surface area contributed by atoms with Gasteiger partial charge in [-0.3, -0.25) is 4.79 Å². The zero-order chi connectivity index (χ0) is 14.7. The van der Waals surface area contributed by atoms with Gasteiger partial charge in [0.05, 0.1) is 0 Å². The molecule has 5 nitrogen and oxygen atoms in total. The molecule has 0 saturated heterocycles. The quantitative estimate of drug-likeness (QED) is 0.822. The van der Waals surface area contributed by atoms with Crippen LogP contribution in [0, 0.1) is 0 Å². The van der Waals surface area contributed by atoms with Gasteiger partial charge in [-0.05, 0) is 32.8 Å². The van der Waals surface area contributed by atoms with Crippen molar-refractivity contribution in [2.24, 2.45) is 0 Å². The van der Waals surface area contributed by atoms with E-state index in [4.69, 9.17) is 5.11 Å². The van der Waals surface area contributed by atoms with Crippen molar-refractivity contribution in [1.82, 2.24) is 5.32 Å². The third-order valence-electron chi connectivity index (χ3n) is 1.93. The van der Waals surface area contributed by atoms with Crippen LogP contribution in [0.4, 0.5) is 4.79 Å². The van der Waals surface area contributed by atoms with Gasteiger partial charge in [0, 0.05) is 6.54 Å². The van der Waals surface area contributed by atoms with Crippen LogP contribution in [0.1, 0.15) is 26.3 Å². The first-order chi connectivity index (χ1) is 8.85.